The maximum absolute atomic E-state index is 6.04. The molecule has 0 heterocycles. The van der Waals surface area contributed by atoms with Gasteiger partial charge in [-0.15, -0.1) is 12.4 Å². The van der Waals surface area contributed by atoms with Gasteiger partial charge in [-0.05, 0) is 54.4 Å². The van der Waals surface area contributed by atoms with Crippen LogP contribution in [0, 0.1) is 0 Å². The molecule has 0 aliphatic rings. The first kappa shape index (κ1) is 22.3. The highest BCUT2D eigenvalue weighted by Crippen LogP contribution is 2.24. The molecule has 0 fully saturated rings. The van der Waals surface area contributed by atoms with Gasteiger partial charge in [-0.25, -0.2) is 0 Å². The Morgan fingerprint density at radius 2 is 1.64 bits per heavy atom. The van der Waals surface area contributed by atoms with Gasteiger partial charge in [-0.3, -0.25) is 0 Å². The van der Waals surface area contributed by atoms with Crippen LogP contribution in [-0.4, -0.2) is 13.7 Å². The van der Waals surface area contributed by atoms with Gasteiger partial charge in [0.2, 0.25) is 0 Å². The molecule has 0 saturated carbocycles. The maximum atomic E-state index is 6.04. The summed E-state index contributed by atoms with van der Waals surface area (Å²) in [5.74, 6) is 1.81. The Hall–Kier alpha value is -2.01. The highest BCUT2D eigenvalue weighted by atomic mass is 79.9. The molecule has 0 bridgehead atoms. The number of methoxy groups -OCH3 is 1. The van der Waals surface area contributed by atoms with Crippen LogP contribution in [0.2, 0.25) is 0 Å². The topological polar surface area (TPSA) is 30.5 Å². The van der Waals surface area contributed by atoms with Crippen LogP contribution < -0.4 is 14.8 Å². The lowest BCUT2D eigenvalue weighted by molar-refractivity contribution is 0.302. The van der Waals surface area contributed by atoms with Gasteiger partial charge in [0.25, 0.3) is 0 Å². The number of benzene rings is 3. The summed E-state index contributed by atoms with van der Waals surface area (Å²) >= 11 is 3.56. The van der Waals surface area contributed by atoms with E-state index < -0.39 is 0 Å². The average Bonchev–Trinajstić information content (AvgIpc) is 2.72. The van der Waals surface area contributed by atoms with Gasteiger partial charge in [0, 0.05) is 16.6 Å². The normalized spacial score (nSPS) is 10.2. The number of ether oxygens (including phenoxy) is 2. The third-order valence-electron chi connectivity index (χ3n) is 4.32. The minimum atomic E-state index is 0. The Morgan fingerprint density at radius 1 is 0.893 bits per heavy atom. The molecule has 28 heavy (non-hydrogen) atoms. The largest absolute Gasteiger partial charge is 0.497 e. The van der Waals surface area contributed by atoms with Gasteiger partial charge >= 0.3 is 0 Å². The van der Waals surface area contributed by atoms with Gasteiger partial charge in [0.05, 0.1) is 7.11 Å². The molecule has 0 saturated heterocycles. The smallest absolute Gasteiger partial charge is 0.124 e. The molecule has 0 radical (unpaired) electrons. The van der Waals surface area contributed by atoms with Crippen molar-refractivity contribution in [3.05, 3.63) is 94.0 Å². The van der Waals surface area contributed by atoms with Gasteiger partial charge in [0.1, 0.15) is 18.1 Å². The predicted molar refractivity (Wildman–Crippen MR) is 121 cm³/mol. The molecular formula is C23H25BrClNO2. The van der Waals surface area contributed by atoms with Crippen LogP contribution in [0.1, 0.15) is 16.7 Å². The van der Waals surface area contributed by atoms with Crippen molar-refractivity contribution >= 4 is 28.3 Å². The zero-order valence-corrected chi connectivity index (χ0v) is 18.3. The lowest BCUT2D eigenvalue weighted by Gasteiger charge is -2.13. The van der Waals surface area contributed by atoms with Crippen molar-refractivity contribution in [3.8, 4) is 11.5 Å². The molecule has 3 rings (SSSR count). The van der Waals surface area contributed by atoms with E-state index in [1.165, 1.54) is 11.1 Å². The number of halogens is 2. The van der Waals surface area contributed by atoms with Crippen LogP contribution in [-0.2, 0) is 19.6 Å². The fraction of sp³-hybridized carbons (Fsp3) is 0.217. The van der Waals surface area contributed by atoms with Crippen LogP contribution in [0.4, 0.5) is 0 Å². The molecule has 0 unspecified atom stereocenters. The van der Waals surface area contributed by atoms with E-state index in [0.29, 0.717) is 6.61 Å². The van der Waals surface area contributed by atoms with E-state index in [0.717, 1.165) is 41.0 Å². The molecule has 0 aliphatic heterocycles. The van der Waals surface area contributed by atoms with E-state index in [1.54, 1.807) is 7.11 Å². The van der Waals surface area contributed by atoms with Crippen molar-refractivity contribution in [2.75, 3.05) is 13.7 Å². The Balaban J connectivity index is 0.00000280. The molecule has 0 atom stereocenters. The molecule has 0 aromatic heterocycles. The first-order valence-electron chi connectivity index (χ1n) is 9.03. The minimum absolute atomic E-state index is 0. The second kappa shape index (κ2) is 11.7. The van der Waals surface area contributed by atoms with Crippen molar-refractivity contribution in [1.29, 1.82) is 0 Å². The molecule has 0 amide bonds. The predicted octanol–water partition coefficient (Wildman–Crippen LogP) is 5.79. The first-order chi connectivity index (χ1) is 13.2. The molecule has 3 aromatic carbocycles. The number of hydrogen-bond donors (Lipinski definition) is 1. The SMILES string of the molecule is COc1ccc(CCNCc2cc(Br)ccc2OCc2ccccc2)cc1.Cl. The average molecular weight is 463 g/mol. The molecular weight excluding hydrogens is 438 g/mol. The van der Waals surface area contributed by atoms with Crippen LogP contribution >= 0.6 is 28.3 Å². The van der Waals surface area contributed by atoms with Crippen LogP contribution in [0.3, 0.4) is 0 Å². The van der Waals surface area contributed by atoms with E-state index in [4.69, 9.17) is 9.47 Å². The zero-order chi connectivity index (χ0) is 18.9. The Labute approximate surface area is 181 Å². The van der Waals surface area contributed by atoms with Crippen molar-refractivity contribution in [3.63, 3.8) is 0 Å². The fourth-order valence-corrected chi connectivity index (χ4v) is 3.22. The van der Waals surface area contributed by atoms with E-state index in [-0.39, 0.29) is 12.4 Å². The second-order valence-corrected chi connectivity index (χ2v) is 7.22. The monoisotopic (exact) mass is 461 g/mol. The standard InChI is InChI=1S/C23H24BrNO2.ClH/c1-26-22-10-7-18(8-11-22)13-14-25-16-20-15-21(24)9-12-23(20)27-17-19-5-3-2-4-6-19;/h2-12,15,25H,13-14,16-17H2,1H3;1H. The molecule has 0 aliphatic carbocycles. The summed E-state index contributed by atoms with van der Waals surface area (Å²) in [6, 6.07) is 24.6. The first-order valence-corrected chi connectivity index (χ1v) is 9.83. The second-order valence-electron chi connectivity index (χ2n) is 6.30. The molecule has 148 valence electrons. The molecule has 3 aromatic rings. The van der Waals surface area contributed by atoms with Gasteiger partial charge < -0.3 is 14.8 Å². The number of nitrogens with one attached hydrogen (secondary N) is 1. The maximum Gasteiger partial charge on any atom is 0.124 e. The van der Waals surface area contributed by atoms with Crippen molar-refractivity contribution < 1.29 is 9.47 Å². The van der Waals surface area contributed by atoms with E-state index in [9.17, 15) is 0 Å². The Kier molecular flexibility index (Phi) is 9.35. The number of hydrogen-bond acceptors (Lipinski definition) is 3. The summed E-state index contributed by atoms with van der Waals surface area (Å²) in [6.07, 6.45) is 0.970. The number of rotatable bonds is 9. The Bertz CT molecular complexity index is 841. The third-order valence-corrected chi connectivity index (χ3v) is 4.82. The van der Waals surface area contributed by atoms with Crippen molar-refractivity contribution in [2.45, 2.75) is 19.6 Å². The van der Waals surface area contributed by atoms with Gasteiger partial charge in [0.15, 0.2) is 0 Å². The fourth-order valence-electron chi connectivity index (χ4n) is 2.81. The van der Waals surface area contributed by atoms with E-state index in [2.05, 4.69) is 51.6 Å². The summed E-state index contributed by atoms with van der Waals surface area (Å²) in [4.78, 5) is 0. The van der Waals surface area contributed by atoms with Crippen LogP contribution in [0.25, 0.3) is 0 Å². The zero-order valence-electron chi connectivity index (χ0n) is 15.9. The Morgan fingerprint density at radius 3 is 2.36 bits per heavy atom. The minimum Gasteiger partial charge on any atom is -0.497 e. The molecule has 3 nitrogen and oxygen atoms in total. The van der Waals surface area contributed by atoms with Gasteiger partial charge in [-0.2, -0.15) is 0 Å². The summed E-state index contributed by atoms with van der Waals surface area (Å²) in [5.41, 5.74) is 3.60. The molecule has 0 spiro atoms. The van der Waals surface area contributed by atoms with E-state index >= 15 is 0 Å². The third kappa shape index (κ3) is 6.86. The summed E-state index contributed by atoms with van der Waals surface area (Å²) < 4.78 is 12.3. The quantitative estimate of drug-likeness (QED) is 0.408. The highest BCUT2D eigenvalue weighted by molar-refractivity contribution is 9.10. The molecule has 5 heteroatoms. The molecule has 1 N–H and O–H groups in total. The van der Waals surface area contributed by atoms with Crippen LogP contribution in [0.15, 0.2) is 77.3 Å². The summed E-state index contributed by atoms with van der Waals surface area (Å²) in [5, 5.41) is 3.51. The lowest BCUT2D eigenvalue weighted by atomic mass is 10.1. The van der Waals surface area contributed by atoms with Crippen molar-refractivity contribution in [1.82, 2.24) is 5.32 Å². The van der Waals surface area contributed by atoms with E-state index in [1.807, 2.05) is 42.5 Å². The van der Waals surface area contributed by atoms with Gasteiger partial charge in [-0.1, -0.05) is 58.4 Å². The van der Waals surface area contributed by atoms with Crippen molar-refractivity contribution in [2.24, 2.45) is 0 Å². The summed E-state index contributed by atoms with van der Waals surface area (Å²) in [6.45, 7) is 2.23. The highest BCUT2D eigenvalue weighted by Gasteiger charge is 2.05. The lowest BCUT2D eigenvalue weighted by Crippen LogP contribution is -2.17. The summed E-state index contributed by atoms with van der Waals surface area (Å²) in [7, 11) is 1.69. The van der Waals surface area contributed by atoms with Crippen LogP contribution in [0.5, 0.6) is 11.5 Å².